The van der Waals surface area contributed by atoms with Crippen LogP contribution in [0.2, 0.25) is 0 Å². The fraction of sp³-hybridized carbons (Fsp3) is 0.364. The van der Waals surface area contributed by atoms with E-state index in [1.807, 2.05) is 39.3 Å². The lowest BCUT2D eigenvalue weighted by Crippen LogP contribution is -1.87. The molecule has 0 aliphatic rings. The number of nitrogens with zero attached hydrogens (tertiary/aromatic N) is 1. The predicted octanol–water partition coefficient (Wildman–Crippen LogP) is 3.81. The molecule has 0 aliphatic heterocycles. The minimum atomic E-state index is 0.946. The van der Waals surface area contributed by atoms with Gasteiger partial charge in [0.1, 0.15) is 0 Å². The van der Waals surface area contributed by atoms with E-state index in [1.165, 1.54) is 0 Å². The summed E-state index contributed by atoms with van der Waals surface area (Å²) in [4.78, 5) is 5.07. The molecule has 0 spiro atoms. The van der Waals surface area contributed by atoms with E-state index in [2.05, 4.69) is 23.1 Å². The summed E-state index contributed by atoms with van der Waals surface area (Å²) in [6, 6.07) is 6.02. The summed E-state index contributed by atoms with van der Waals surface area (Å²) in [5.74, 6) is 0. The molecular weight excluding hydrogens is 192 g/mol. The Morgan fingerprint density at radius 2 is 2.00 bits per heavy atom. The minimum absolute atomic E-state index is 0.946. The monoisotopic (exact) mass is 210 g/mol. The predicted molar refractivity (Wildman–Crippen MR) is 68.3 cm³/mol. The molecule has 78 valence electrons. The van der Waals surface area contributed by atoms with Gasteiger partial charge >= 0.3 is 0 Å². The highest BCUT2D eigenvalue weighted by atomic mass is 32.2. The lowest BCUT2D eigenvalue weighted by atomic mass is 10.3. The zero-order chi connectivity index (χ0) is 11.0. The first kappa shape index (κ1) is 13.0. The molecule has 1 N–H and O–H groups in total. The number of benzene rings is 1. The molecule has 0 saturated carbocycles. The molecular formula is C11H18N2S. The summed E-state index contributed by atoms with van der Waals surface area (Å²) in [6.45, 7) is 7.51. The zero-order valence-electron chi connectivity index (χ0n) is 9.29. The first-order chi connectivity index (χ1) is 6.81. The molecule has 0 aromatic heterocycles. The Morgan fingerprint density at radius 3 is 2.43 bits per heavy atom. The number of hydrogen-bond acceptors (Lipinski definition) is 3. The van der Waals surface area contributed by atoms with E-state index in [9.17, 15) is 0 Å². The minimum Gasteiger partial charge on any atom is -0.388 e. The molecule has 0 aliphatic carbocycles. The van der Waals surface area contributed by atoms with Crippen LogP contribution in [0.1, 0.15) is 13.8 Å². The maximum absolute atomic E-state index is 3.92. The van der Waals surface area contributed by atoms with Gasteiger partial charge < -0.3 is 5.32 Å². The smallest absolute Gasteiger partial charge is 0.0759 e. The number of hydrogen-bond donors (Lipinski definition) is 1. The first-order valence-corrected chi connectivity index (χ1v) is 5.86. The van der Waals surface area contributed by atoms with Crippen molar-refractivity contribution >= 4 is 29.9 Å². The Kier molecular flexibility index (Phi) is 6.93. The standard InChI is InChI=1S/C9H12N2S.C2H6/c1-10-7-4-5-8(11-2)9(6-7)12-3;1-2/h4-6,10H,2H2,1,3H3;1-2H3. The van der Waals surface area contributed by atoms with Crippen molar-refractivity contribution in [2.45, 2.75) is 18.7 Å². The third kappa shape index (κ3) is 3.42. The SMILES string of the molecule is C=Nc1ccc(NC)cc1SC.CC. The Balaban J connectivity index is 0.000000791. The zero-order valence-corrected chi connectivity index (χ0v) is 10.1. The van der Waals surface area contributed by atoms with Gasteiger partial charge in [-0.2, -0.15) is 0 Å². The number of rotatable bonds is 3. The Labute approximate surface area is 90.8 Å². The van der Waals surface area contributed by atoms with E-state index in [4.69, 9.17) is 0 Å². The molecule has 0 amide bonds. The van der Waals surface area contributed by atoms with Gasteiger partial charge in [0, 0.05) is 17.6 Å². The maximum atomic E-state index is 3.92. The summed E-state index contributed by atoms with van der Waals surface area (Å²) in [6.07, 6.45) is 2.03. The van der Waals surface area contributed by atoms with Crippen molar-refractivity contribution in [2.24, 2.45) is 4.99 Å². The van der Waals surface area contributed by atoms with Crippen molar-refractivity contribution in [3.05, 3.63) is 18.2 Å². The molecule has 0 fully saturated rings. The van der Waals surface area contributed by atoms with Gasteiger partial charge in [0.25, 0.3) is 0 Å². The molecule has 0 radical (unpaired) electrons. The molecule has 1 rings (SSSR count). The quantitative estimate of drug-likeness (QED) is 0.606. The molecule has 14 heavy (non-hydrogen) atoms. The summed E-state index contributed by atoms with van der Waals surface area (Å²) in [7, 11) is 1.90. The summed E-state index contributed by atoms with van der Waals surface area (Å²) < 4.78 is 0. The van der Waals surface area contributed by atoms with Gasteiger partial charge in [0.2, 0.25) is 0 Å². The largest absolute Gasteiger partial charge is 0.388 e. The molecule has 0 unspecified atom stereocenters. The Morgan fingerprint density at radius 1 is 1.36 bits per heavy atom. The molecule has 1 aromatic carbocycles. The lowest BCUT2D eigenvalue weighted by molar-refractivity contribution is 1.37. The van der Waals surface area contributed by atoms with Gasteiger partial charge in [-0.15, -0.1) is 11.8 Å². The molecule has 0 saturated heterocycles. The molecule has 3 heteroatoms. The van der Waals surface area contributed by atoms with Crippen LogP contribution < -0.4 is 5.32 Å². The van der Waals surface area contributed by atoms with Gasteiger partial charge in [-0.3, -0.25) is 4.99 Å². The van der Waals surface area contributed by atoms with Crippen molar-refractivity contribution in [3.8, 4) is 0 Å². The molecule has 0 heterocycles. The Hall–Kier alpha value is -0.960. The van der Waals surface area contributed by atoms with Gasteiger partial charge in [-0.25, -0.2) is 0 Å². The van der Waals surface area contributed by atoms with Crippen LogP contribution in [-0.2, 0) is 0 Å². The molecule has 2 nitrogen and oxygen atoms in total. The summed E-state index contributed by atoms with van der Waals surface area (Å²) >= 11 is 1.68. The average molecular weight is 210 g/mol. The van der Waals surface area contributed by atoms with E-state index in [0.717, 1.165) is 16.3 Å². The van der Waals surface area contributed by atoms with Gasteiger partial charge in [-0.1, -0.05) is 13.8 Å². The fourth-order valence-corrected chi connectivity index (χ4v) is 1.55. The molecule has 0 bridgehead atoms. The third-order valence-electron chi connectivity index (χ3n) is 1.64. The second-order valence-corrected chi connectivity index (χ2v) is 3.14. The van der Waals surface area contributed by atoms with Crippen LogP contribution >= 0.6 is 11.8 Å². The highest BCUT2D eigenvalue weighted by Crippen LogP contribution is 2.29. The second kappa shape index (κ2) is 7.44. The van der Waals surface area contributed by atoms with Crippen molar-refractivity contribution in [1.29, 1.82) is 0 Å². The number of anilines is 1. The normalized spacial score (nSPS) is 8.57. The van der Waals surface area contributed by atoms with E-state index in [0.29, 0.717) is 0 Å². The number of thioether (sulfide) groups is 1. The second-order valence-electron chi connectivity index (χ2n) is 2.29. The maximum Gasteiger partial charge on any atom is 0.0759 e. The van der Waals surface area contributed by atoms with Crippen LogP contribution in [0.25, 0.3) is 0 Å². The van der Waals surface area contributed by atoms with Crippen molar-refractivity contribution in [3.63, 3.8) is 0 Å². The van der Waals surface area contributed by atoms with Gasteiger partial charge in [0.15, 0.2) is 0 Å². The fourth-order valence-electron chi connectivity index (χ4n) is 0.964. The van der Waals surface area contributed by atoms with Crippen LogP contribution in [0.3, 0.4) is 0 Å². The number of nitrogens with one attached hydrogen (secondary N) is 1. The first-order valence-electron chi connectivity index (χ1n) is 4.64. The van der Waals surface area contributed by atoms with Crippen molar-refractivity contribution in [2.75, 3.05) is 18.6 Å². The third-order valence-corrected chi connectivity index (χ3v) is 2.41. The van der Waals surface area contributed by atoms with Crippen molar-refractivity contribution in [1.82, 2.24) is 0 Å². The van der Waals surface area contributed by atoms with Gasteiger partial charge in [0.05, 0.1) is 5.69 Å². The van der Waals surface area contributed by atoms with Crippen LogP contribution in [0.15, 0.2) is 28.1 Å². The summed E-state index contributed by atoms with van der Waals surface area (Å²) in [5, 5.41) is 3.08. The van der Waals surface area contributed by atoms with Crippen LogP contribution in [0.4, 0.5) is 11.4 Å². The van der Waals surface area contributed by atoms with E-state index in [-0.39, 0.29) is 0 Å². The van der Waals surface area contributed by atoms with Crippen molar-refractivity contribution < 1.29 is 0 Å². The highest BCUT2D eigenvalue weighted by Gasteiger charge is 1.99. The highest BCUT2D eigenvalue weighted by molar-refractivity contribution is 7.98. The molecule has 0 atom stereocenters. The van der Waals surface area contributed by atoms with Gasteiger partial charge in [-0.05, 0) is 31.2 Å². The lowest BCUT2D eigenvalue weighted by Gasteiger charge is -2.04. The topological polar surface area (TPSA) is 24.4 Å². The summed E-state index contributed by atoms with van der Waals surface area (Å²) in [5.41, 5.74) is 2.05. The van der Waals surface area contributed by atoms with E-state index >= 15 is 0 Å². The van der Waals surface area contributed by atoms with Crippen LogP contribution in [0, 0.1) is 0 Å². The van der Waals surface area contributed by atoms with E-state index in [1.54, 1.807) is 11.8 Å². The average Bonchev–Trinajstić information content (AvgIpc) is 2.30. The van der Waals surface area contributed by atoms with Crippen LogP contribution in [-0.4, -0.2) is 20.0 Å². The van der Waals surface area contributed by atoms with Crippen LogP contribution in [0.5, 0.6) is 0 Å². The Bertz CT molecular complexity index is 285. The molecule has 1 aromatic rings. The number of aliphatic imine (C=N–C) groups is 1. The van der Waals surface area contributed by atoms with E-state index < -0.39 is 0 Å².